The van der Waals surface area contributed by atoms with Crippen LogP contribution in [0.2, 0.25) is 0 Å². The zero-order chi connectivity index (χ0) is 16.9. The second-order valence-corrected chi connectivity index (χ2v) is 8.32. The first kappa shape index (κ1) is 15.4. The van der Waals surface area contributed by atoms with Gasteiger partial charge in [-0.25, -0.2) is 12.4 Å². The van der Waals surface area contributed by atoms with Crippen molar-refractivity contribution in [2.45, 2.75) is 11.8 Å². The summed E-state index contributed by atoms with van der Waals surface area (Å²) in [6.07, 6.45) is 1.68. The Kier molecular flexibility index (Phi) is 3.47. The second-order valence-electron chi connectivity index (χ2n) is 5.62. The molecule has 0 N–H and O–H groups in total. The lowest BCUT2D eigenvalue weighted by Crippen LogP contribution is -2.12. The Labute approximate surface area is 147 Å². The first-order valence-corrected chi connectivity index (χ1v) is 9.59. The van der Waals surface area contributed by atoms with E-state index in [-0.39, 0.29) is 4.90 Å². The van der Waals surface area contributed by atoms with Crippen molar-refractivity contribution in [2.75, 3.05) is 0 Å². The molecule has 2 heterocycles. The van der Waals surface area contributed by atoms with Gasteiger partial charge in [-0.3, -0.25) is 4.98 Å². The summed E-state index contributed by atoms with van der Waals surface area (Å²) < 4.78 is 28.6. The number of hydrogen-bond acceptors (Lipinski definition) is 3. The van der Waals surface area contributed by atoms with E-state index in [1.54, 1.807) is 42.6 Å². The van der Waals surface area contributed by atoms with Gasteiger partial charge >= 0.3 is 0 Å². The van der Waals surface area contributed by atoms with Crippen molar-refractivity contribution in [1.82, 2.24) is 8.96 Å². The molecule has 0 bridgehead atoms. The number of aryl methyl sites for hydroxylation is 1. The molecular weight excluding hydrogens is 388 g/mol. The SMILES string of the molecule is Cc1ccc(S(=O)(=O)n2c3ccccc3c3ncc(Br)cc32)cc1. The molecule has 0 saturated heterocycles. The number of nitrogens with zero attached hydrogens (tertiary/aromatic N) is 2. The zero-order valence-corrected chi connectivity index (χ0v) is 15.2. The van der Waals surface area contributed by atoms with Crippen LogP contribution >= 0.6 is 15.9 Å². The number of benzene rings is 2. The maximum absolute atomic E-state index is 13.3. The lowest BCUT2D eigenvalue weighted by Gasteiger charge is -2.09. The number of hydrogen-bond donors (Lipinski definition) is 0. The van der Waals surface area contributed by atoms with Crippen molar-refractivity contribution in [2.24, 2.45) is 0 Å². The minimum atomic E-state index is -3.73. The van der Waals surface area contributed by atoms with Gasteiger partial charge in [-0.2, -0.15) is 0 Å². The first-order chi connectivity index (χ1) is 11.5. The lowest BCUT2D eigenvalue weighted by atomic mass is 10.2. The molecule has 0 radical (unpaired) electrons. The zero-order valence-electron chi connectivity index (χ0n) is 12.8. The second kappa shape index (κ2) is 5.43. The Hall–Kier alpha value is -2.18. The van der Waals surface area contributed by atoms with Crippen LogP contribution in [-0.4, -0.2) is 17.4 Å². The number of aromatic nitrogens is 2. The van der Waals surface area contributed by atoms with Gasteiger partial charge in [-0.15, -0.1) is 0 Å². The van der Waals surface area contributed by atoms with Crippen molar-refractivity contribution >= 4 is 47.9 Å². The fraction of sp³-hybridized carbons (Fsp3) is 0.0556. The van der Waals surface area contributed by atoms with Gasteiger partial charge in [0.25, 0.3) is 10.0 Å². The van der Waals surface area contributed by atoms with E-state index in [2.05, 4.69) is 20.9 Å². The molecule has 0 unspecified atom stereocenters. The number of halogens is 1. The van der Waals surface area contributed by atoms with E-state index >= 15 is 0 Å². The Morgan fingerprint density at radius 3 is 2.46 bits per heavy atom. The third kappa shape index (κ3) is 2.25. The molecule has 0 aliphatic heterocycles. The molecular formula is C18H13BrN2O2S. The van der Waals surface area contributed by atoms with E-state index in [4.69, 9.17) is 0 Å². The largest absolute Gasteiger partial charge is 0.268 e. The van der Waals surface area contributed by atoms with Crippen LogP contribution in [0.1, 0.15) is 5.56 Å². The van der Waals surface area contributed by atoms with Crippen LogP contribution < -0.4 is 0 Å². The van der Waals surface area contributed by atoms with Crippen molar-refractivity contribution in [3.05, 3.63) is 70.8 Å². The summed E-state index contributed by atoms with van der Waals surface area (Å²) in [7, 11) is -3.73. The summed E-state index contributed by atoms with van der Waals surface area (Å²) >= 11 is 3.39. The standard InChI is InChI=1S/C18H13BrN2O2S/c1-12-6-8-14(9-7-12)24(22,23)21-16-5-3-2-4-15(16)18-17(21)10-13(19)11-20-18/h2-11H,1H3. The maximum atomic E-state index is 13.3. The molecule has 4 nitrogen and oxygen atoms in total. The normalized spacial score (nSPS) is 12.1. The van der Waals surface area contributed by atoms with Crippen molar-refractivity contribution in [3.8, 4) is 0 Å². The number of pyridine rings is 1. The van der Waals surface area contributed by atoms with Crippen LogP contribution in [0.25, 0.3) is 21.9 Å². The minimum absolute atomic E-state index is 0.260. The summed E-state index contributed by atoms with van der Waals surface area (Å²) in [6, 6.07) is 16.1. The molecule has 0 spiro atoms. The molecule has 0 atom stereocenters. The van der Waals surface area contributed by atoms with Gasteiger partial charge in [-0.05, 0) is 47.1 Å². The summed E-state index contributed by atoms with van der Waals surface area (Å²) in [6.45, 7) is 1.93. The van der Waals surface area contributed by atoms with E-state index < -0.39 is 10.0 Å². The van der Waals surface area contributed by atoms with Gasteiger partial charge in [-0.1, -0.05) is 35.9 Å². The molecule has 0 fully saturated rings. The van der Waals surface area contributed by atoms with Crippen LogP contribution in [0.15, 0.2) is 70.2 Å². The quantitative estimate of drug-likeness (QED) is 0.497. The van der Waals surface area contributed by atoms with E-state index in [1.807, 2.05) is 25.1 Å². The van der Waals surface area contributed by atoms with Crippen LogP contribution in [0.3, 0.4) is 0 Å². The fourth-order valence-corrected chi connectivity index (χ4v) is 4.67. The fourth-order valence-electron chi connectivity index (χ4n) is 2.85. The van der Waals surface area contributed by atoms with Crippen LogP contribution in [0.4, 0.5) is 0 Å². The third-order valence-corrected chi connectivity index (χ3v) is 6.17. The predicted molar refractivity (Wildman–Crippen MR) is 98.7 cm³/mol. The Morgan fingerprint density at radius 2 is 1.71 bits per heavy atom. The van der Waals surface area contributed by atoms with Gasteiger partial charge in [0, 0.05) is 16.1 Å². The minimum Gasteiger partial charge on any atom is -0.253 e. The third-order valence-electron chi connectivity index (χ3n) is 3.99. The Bertz CT molecular complexity index is 1180. The summed E-state index contributed by atoms with van der Waals surface area (Å²) in [5, 5.41) is 0.815. The van der Waals surface area contributed by atoms with Gasteiger partial charge in [0.1, 0.15) is 0 Å². The molecule has 4 rings (SSSR count). The van der Waals surface area contributed by atoms with Gasteiger partial charge < -0.3 is 0 Å². The highest BCUT2D eigenvalue weighted by Gasteiger charge is 2.23. The molecule has 4 aromatic rings. The van der Waals surface area contributed by atoms with Crippen molar-refractivity contribution < 1.29 is 8.42 Å². The molecule has 0 amide bonds. The molecule has 2 aromatic carbocycles. The highest BCUT2D eigenvalue weighted by molar-refractivity contribution is 9.10. The van der Waals surface area contributed by atoms with E-state index in [0.717, 1.165) is 15.4 Å². The highest BCUT2D eigenvalue weighted by atomic mass is 79.9. The number of rotatable bonds is 2. The van der Waals surface area contributed by atoms with Gasteiger partial charge in [0.2, 0.25) is 0 Å². The average Bonchev–Trinajstić information content (AvgIpc) is 2.89. The maximum Gasteiger partial charge on any atom is 0.268 e. The summed E-state index contributed by atoms with van der Waals surface area (Å²) in [5.74, 6) is 0. The van der Waals surface area contributed by atoms with Crippen LogP contribution in [0, 0.1) is 6.92 Å². The Balaban J connectivity index is 2.14. The number of para-hydroxylation sites is 1. The molecule has 120 valence electrons. The summed E-state index contributed by atoms with van der Waals surface area (Å²) in [5.41, 5.74) is 2.87. The molecule has 0 saturated carbocycles. The van der Waals surface area contributed by atoms with Crippen molar-refractivity contribution in [1.29, 1.82) is 0 Å². The van der Waals surface area contributed by atoms with Gasteiger partial charge in [0.05, 0.1) is 21.4 Å². The predicted octanol–water partition coefficient (Wildman–Crippen LogP) is 4.50. The van der Waals surface area contributed by atoms with Crippen LogP contribution in [0.5, 0.6) is 0 Å². The van der Waals surface area contributed by atoms with Crippen LogP contribution in [-0.2, 0) is 10.0 Å². The molecule has 0 aliphatic carbocycles. The number of fused-ring (bicyclic) bond motifs is 3. The molecule has 24 heavy (non-hydrogen) atoms. The first-order valence-electron chi connectivity index (χ1n) is 7.35. The highest BCUT2D eigenvalue weighted by Crippen LogP contribution is 2.32. The van der Waals surface area contributed by atoms with E-state index in [9.17, 15) is 8.42 Å². The van der Waals surface area contributed by atoms with Crippen molar-refractivity contribution in [3.63, 3.8) is 0 Å². The van der Waals surface area contributed by atoms with E-state index in [1.165, 1.54) is 3.97 Å². The summed E-state index contributed by atoms with van der Waals surface area (Å²) in [4.78, 5) is 4.68. The topological polar surface area (TPSA) is 52.0 Å². The molecule has 6 heteroatoms. The smallest absolute Gasteiger partial charge is 0.253 e. The van der Waals surface area contributed by atoms with Gasteiger partial charge in [0.15, 0.2) is 0 Å². The molecule has 0 aliphatic rings. The molecule has 2 aromatic heterocycles. The monoisotopic (exact) mass is 400 g/mol. The average molecular weight is 401 g/mol. The Morgan fingerprint density at radius 1 is 1.00 bits per heavy atom. The lowest BCUT2D eigenvalue weighted by molar-refractivity contribution is 0.590. The van der Waals surface area contributed by atoms with E-state index in [0.29, 0.717) is 16.6 Å².